The molecule has 1 fully saturated rings. The van der Waals surface area contributed by atoms with Gasteiger partial charge in [0.1, 0.15) is 0 Å². The van der Waals surface area contributed by atoms with E-state index in [4.69, 9.17) is 5.73 Å². The van der Waals surface area contributed by atoms with Crippen LogP contribution in [-0.2, 0) is 0 Å². The van der Waals surface area contributed by atoms with Crippen molar-refractivity contribution in [1.82, 2.24) is 5.23 Å². The van der Waals surface area contributed by atoms with E-state index in [1.165, 1.54) is 32.2 Å². The van der Waals surface area contributed by atoms with Gasteiger partial charge in [0.2, 0.25) is 0 Å². The number of rotatable bonds is 3. The second-order valence-electron chi connectivity index (χ2n) is 3.69. The largest absolute Gasteiger partial charge is 0.362 e. The molecule has 1 rings (SSSR count). The molecule has 0 aromatic heterocycles. The molecule has 1 aliphatic rings. The standard InChI is InChI=1S/C8H19BN2/c9-11-6-8-3-1-2-7(4-8)5-10/h7-8,11H,1-6,9-10H2. The van der Waals surface area contributed by atoms with Crippen LogP contribution in [0.15, 0.2) is 0 Å². The quantitative estimate of drug-likeness (QED) is 0.556. The van der Waals surface area contributed by atoms with Crippen LogP contribution >= 0.6 is 0 Å². The Labute approximate surface area is 70.4 Å². The zero-order valence-electron chi connectivity index (χ0n) is 7.47. The fourth-order valence-electron chi connectivity index (χ4n) is 2.09. The van der Waals surface area contributed by atoms with Crippen molar-refractivity contribution in [2.24, 2.45) is 17.6 Å². The van der Waals surface area contributed by atoms with Crippen LogP contribution in [0, 0.1) is 11.8 Å². The third-order valence-corrected chi connectivity index (χ3v) is 2.72. The monoisotopic (exact) mass is 154 g/mol. The molecule has 0 amide bonds. The van der Waals surface area contributed by atoms with Crippen molar-refractivity contribution in [2.75, 3.05) is 13.1 Å². The highest BCUT2D eigenvalue weighted by Gasteiger charge is 2.19. The number of nitrogens with one attached hydrogen (secondary N) is 1. The van der Waals surface area contributed by atoms with E-state index in [2.05, 4.69) is 5.23 Å². The average Bonchev–Trinajstić information content (AvgIpc) is 2.06. The van der Waals surface area contributed by atoms with Crippen LogP contribution in [0.4, 0.5) is 0 Å². The highest BCUT2D eigenvalue weighted by molar-refractivity contribution is 6.04. The molecule has 0 aromatic carbocycles. The van der Waals surface area contributed by atoms with Crippen molar-refractivity contribution in [3.8, 4) is 0 Å². The van der Waals surface area contributed by atoms with Crippen LogP contribution in [0.2, 0.25) is 0 Å². The van der Waals surface area contributed by atoms with Gasteiger partial charge in [-0.05, 0) is 44.2 Å². The second kappa shape index (κ2) is 4.78. The molecule has 0 aliphatic heterocycles. The molecule has 3 N–H and O–H groups in total. The number of hydrogen-bond acceptors (Lipinski definition) is 2. The maximum absolute atomic E-state index is 5.64. The average molecular weight is 154 g/mol. The minimum atomic E-state index is 0.807. The van der Waals surface area contributed by atoms with E-state index in [-0.39, 0.29) is 0 Å². The van der Waals surface area contributed by atoms with Crippen LogP contribution in [0.5, 0.6) is 0 Å². The van der Waals surface area contributed by atoms with E-state index in [0.717, 1.165) is 18.4 Å². The minimum absolute atomic E-state index is 0.807. The second-order valence-corrected chi connectivity index (χ2v) is 3.69. The highest BCUT2D eigenvalue weighted by atomic mass is 14.7. The summed E-state index contributed by atoms with van der Waals surface area (Å²) in [6.07, 6.45) is 5.49. The van der Waals surface area contributed by atoms with Gasteiger partial charge in [-0.1, -0.05) is 6.42 Å². The highest BCUT2D eigenvalue weighted by Crippen LogP contribution is 2.27. The zero-order chi connectivity index (χ0) is 8.10. The minimum Gasteiger partial charge on any atom is -0.362 e. The maximum Gasteiger partial charge on any atom is 0.181 e. The lowest BCUT2D eigenvalue weighted by atomic mass is 9.81. The van der Waals surface area contributed by atoms with Crippen molar-refractivity contribution in [2.45, 2.75) is 25.7 Å². The third-order valence-electron chi connectivity index (χ3n) is 2.72. The summed E-state index contributed by atoms with van der Waals surface area (Å²) in [4.78, 5) is 0. The topological polar surface area (TPSA) is 38.0 Å². The first-order valence-electron chi connectivity index (χ1n) is 4.71. The van der Waals surface area contributed by atoms with Crippen molar-refractivity contribution in [3.63, 3.8) is 0 Å². The van der Waals surface area contributed by atoms with Gasteiger partial charge < -0.3 is 11.0 Å². The summed E-state index contributed by atoms with van der Waals surface area (Å²) in [5.74, 6) is 1.70. The molecule has 0 bridgehead atoms. The van der Waals surface area contributed by atoms with Gasteiger partial charge in [0.25, 0.3) is 0 Å². The summed E-state index contributed by atoms with van der Waals surface area (Å²) in [6, 6.07) is 0. The van der Waals surface area contributed by atoms with E-state index in [1.54, 1.807) is 0 Å². The molecule has 11 heavy (non-hydrogen) atoms. The normalized spacial score (nSPS) is 32.1. The molecule has 1 aliphatic carbocycles. The van der Waals surface area contributed by atoms with Crippen molar-refractivity contribution >= 4 is 7.98 Å². The van der Waals surface area contributed by atoms with Gasteiger partial charge in [-0.15, -0.1) is 0 Å². The SMILES string of the molecule is BNCC1CCCC(CN)C1. The van der Waals surface area contributed by atoms with Crippen molar-refractivity contribution in [1.29, 1.82) is 0 Å². The summed E-state index contributed by atoms with van der Waals surface area (Å²) < 4.78 is 0. The Balaban J connectivity index is 2.21. The Morgan fingerprint density at radius 3 is 2.73 bits per heavy atom. The van der Waals surface area contributed by atoms with Crippen LogP contribution in [0.25, 0.3) is 0 Å². The molecule has 0 spiro atoms. The molecule has 0 heterocycles. The Morgan fingerprint density at radius 2 is 2.09 bits per heavy atom. The maximum atomic E-state index is 5.64. The molecule has 2 nitrogen and oxygen atoms in total. The predicted molar refractivity (Wildman–Crippen MR) is 51.0 cm³/mol. The van der Waals surface area contributed by atoms with Gasteiger partial charge in [-0.3, -0.25) is 0 Å². The first-order valence-corrected chi connectivity index (χ1v) is 4.71. The molecule has 0 aromatic rings. The van der Waals surface area contributed by atoms with Gasteiger partial charge in [0.05, 0.1) is 0 Å². The molecule has 2 unspecified atom stereocenters. The van der Waals surface area contributed by atoms with Gasteiger partial charge in [0.15, 0.2) is 7.98 Å². The smallest absolute Gasteiger partial charge is 0.181 e. The fraction of sp³-hybridized carbons (Fsp3) is 1.00. The molecule has 0 saturated heterocycles. The molecule has 2 atom stereocenters. The summed E-state index contributed by atoms with van der Waals surface area (Å²) in [5.41, 5.74) is 5.64. The fourth-order valence-corrected chi connectivity index (χ4v) is 2.09. The summed E-state index contributed by atoms with van der Waals surface area (Å²) in [6.45, 7) is 2.07. The summed E-state index contributed by atoms with van der Waals surface area (Å²) in [5, 5.41) is 3.24. The van der Waals surface area contributed by atoms with Crippen LogP contribution in [-0.4, -0.2) is 21.1 Å². The van der Waals surface area contributed by atoms with Crippen LogP contribution in [0.1, 0.15) is 25.7 Å². The Bertz CT molecular complexity index is 106. The Morgan fingerprint density at radius 1 is 1.36 bits per heavy atom. The Hall–Kier alpha value is -0.0151. The molecule has 3 heteroatoms. The third kappa shape index (κ3) is 2.84. The van der Waals surface area contributed by atoms with Gasteiger partial charge >= 0.3 is 0 Å². The molecular weight excluding hydrogens is 135 g/mol. The van der Waals surface area contributed by atoms with E-state index < -0.39 is 0 Å². The summed E-state index contributed by atoms with van der Waals surface area (Å²) >= 11 is 0. The predicted octanol–water partition coefficient (Wildman–Crippen LogP) is -0.111. The van der Waals surface area contributed by atoms with E-state index in [0.29, 0.717) is 0 Å². The first kappa shape index (κ1) is 9.08. The molecule has 64 valence electrons. The lowest BCUT2D eigenvalue weighted by Crippen LogP contribution is -2.28. The number of hydrogen-bond donors (Lipinski definition) is 2. The lowest BCUT2D eigenvalue weighted by Gasteiger charge is -2.28. The Kier molecular flexibility index (Phi) is 3.94. The van der Waals surface area contributed by atoms with Crippen molar-refractivity contribution < 1.29 is 0 Å². The summed E-state index contributed by atoms with van der Waals surface area (Å²) in [7, 11) is 2.03. The van der Waals surface area contributed by atoms with E-state index >= 15 is 0 Å². The van der Waals surface area contributed by atoms with Gasteiger partial charge in [0, 0.05) is 0 Å². The molecular formula is C8H19BN2. The van der Waals surface area contributed by atoms with E-state index in [1.807, 2.05) is 7.98 Å². The molecule has 0 radical (unpaired) electrons. The van der Waals surface area contributed by atoms with Gasteiger partial charge in [-0.25, -0.2) is 0 Å². The van der Waals surface area contributed by atoms with Crippen molar-refractivity contribution in [3.05, 3.63) is 0 Å². The van der Waals surface area contributed by atoms with Crippen LogP contribution < -0.4 is 11.0 Å². The van der Waals surface area contributed by atoms with Crippen LogP contribution in [0.3, 0.4) is 0 Å². The number of nitrogens with two attached hydrogens (primary N) is 1. The first-order chi connectivity index (χ1) is 5.36. The zero-order valence-corrected chi connectivity index (χ0v) is 7.47. The molecule has 1 saturated carbocycles. The van der Waals surface area contributed by atoms with E-state index in [9.17, 15) is 0 Å². The lowest BCUT2D eigenvalue weighted by molar-refractivity contribution is 0.273. The van der Waals surface area contributed by atoms with Gasteiger partial charge in [-0.2, -0.15) is 0 Å².